The normalized spacial score (nSPS) is 16.3. The van der Waals surface area contributed by atoms with Crippen LogP contribution in [-0.2, 0) is 9.53 Å². The van der Waals surface area contributed by atoms with Crippen molar-refractivity contribution in [3.8, 4) is 0 Å². The Kier molecular flexibility index (Phi) is 7.61. The van der Waals surface area contributed by atoms with Crippen molar-refractivity contribution in [2.45, 2.75) is 50.3 Å². The summed E-state index contributed by atoms with van der Waals surface area (Å²) in [7, 11) is 0. The molecule has 2 rings (SSSR count). The fourth-order valence-corrected chi connectivity index (χ4v) is 5.22. The Balaban J connectivity index is 1.88. The molecule has 1 atom stereocenters. The van der Waals surface area contributed by atoms with Crippen LogP contribution in [-0.4, -0.2) is 41.1 Å². The Bertz CT molecular complexity index is 680. The van der Waals surface area contributed by atoms with Crippen molar-refractivity contribution >= 4 is 41.4 Å². The van der Waals surface area contributed by atoms with Crippen LogP contribution in [0.3, 0.4) is 0 Å². The predicted octanol–water partition coefficient (Wildman–Crippen LogP) is 3.72. The van der Waals surface area contributed by atoms with Crippen LogP contribution in [0.2, 0.25) is 0 Å². The van der Waals surface area contributed by atoms with Crippen molar-refractivity contribution in [1.29, 1.82) is 0 Å². The van der Waals surface area contributed by atoms with Crippen LogP contribution in [0.1, 0.15) is 54.6 Å². The van der Waals surface area contributed by atoms with E-state index in [1.54, 1.807) is 32.9 Å². The van der Waals surface area contributed by atoms with E-state index in [1.165, 1.54) is 18.9 Å². The number of carbonyl (C=O) groups excluding carboxylic acids is 3. The summed E-state index contributed by atoms with van der Waals surface area (Å²) in [5, 5.41) is 4.79. The fourth-order valence-electron chi connectivity index (χ4n) is 2.32. The van der Waals surface area contributed by atoms with E-state index in [-0.39, 0.29) is 0 Å². The minimum atomic E-state index is -1.08. The molecular formula is C19H26N2O4S2. The highest BCUT2D eigenvalue weighted by Crippen LogP contribution is 2.43. The van der Waals surface area contributed by atoms with Gasteiger partial charge in [-0.1, -0.05) is 12.1 Å². The van der Waals surface area contributed by atoms with Gasteiger partial charge in [0, 0.05) is 5.54 Å². The van der Waals surface area contributed by atoms with Gasteiger partial charge in [0.15, 0.2) is 6.10 Å². The number of benzene rings is 1. The Morgan fingerprint density at radius 3 is 2.26 bits per heavy atom. The zero-order chi connectivity index (χ0) is 20.0. The maximum atomic E-state index is 12.2. The fraction of sp³-hybridized carbons (Fsp3) is 0.526. The van der Waals surface area contributed by atoms with Gasteiger partial charge in [0.05, 0.1) is 10.1 Å². The van der Waals surface area contributed by atoms with E-state index in [9.17, 15) is 14.4 Å². The molecule has 0 saturated carbocycles. The van der Waals surface area contributed by atoms with Crippen LogP contribution >= 0.6 is 23.5 Å². The van der Waals surface area contributed by atoms with Gasteiger partial charge in [-0.2, -0.15) is 0 Å². The highest BCUT2D eigenvalue weighted by Gasteiger charge is 2.23. The Hall–Kier alpha value is -1.67. The Morgan fingerprint density at radius 2 is 1.70 bits per heavy atom. The smallest absolute Gasteiger partial charge is 0.338 e. The molecule has 0 aromatic heterocycles. The molecule has 27 heavy (non-hydrogen) atoms. The van der Waals surface area contributed by atoms with Gasteiger partial charge in [-0.3, -0.25) is 10.1 Å². The van der Waals surface area contributed by atoms with Gasteiger partial charge in [0.2, 0.25) is 0 Å². The second-order valence-electron chi connectivity index (χ2n) is 7.29. The van der Waals surface area contributed by atoms with Crippen molar-refractivity contribution in [3.05, 3.63) is 35.4 Å². The predicted molar refractivity (Wildman–Crippen MR) is 110 cm³/mol. The number of amides is 3. The highest BCUT2D eigenvalue weighted by molar-refractivity contribution is 8.16. The Morgan fingerprint density at radius 1 is 1.11 bits per heavy atom. The summed E-state index contributed by atoms with van der Waals surface area (Å²) in [5.74, 6) is 1.04. The van der Waals surface area contributed by atoms with Crippen molar-refractivity contribution in [2.75, 3.05) is 11.5 Å². The number of rotatable bonds is 4. The minimum absolute atomic E-state index is 0.378. The third-order valence-electron chi connectivity index (χ3n) is 3.62. The minimum Gasteiger partial charge on any atom is -0.449 e. The van der Waals surface area contributed by atoms with Crippen LogP contribution in [0, 0.1) is 0 Å². The molecule has 8 heteroatoms. The first-order chi connectivity index (χ1) is 12.7. The topological polar surface area (TPSA) is 84.5 Å². The lowest BCUT2D eigenvalue weighted by Gasteiger charge is -2.21. The summed E-state index contributed by atoms with van der Waals surface area (Å²) in [6.45, 7) is 6.83. The van der Waals surface area contributed by atoms with Gasteiger partial charge in [-0.15, -0.1) is 23.5 Å². The third-order valence-corrected chi connectivity index (χ3v) is 6.64. The number of hydrogen-bond donors (Lipinski definition) is 2. The molecule has 1 fully saturated rings. The monoisotopic (exact) mass is 410 g/mol. The number of nitrogens with one attached hydrogen (secondary N) is 2. The summed E-state index contributed by atoms with van der Waals surface area (Å²) in [6, 6.07) is 6.65. The zero-order valence-electron chi connectivity index (χ0n) is 16.0. The molecule has 3 amide bonds. The van der Waals surface area contributed by atoms with E-state index < -0.39 is 29.6 Å². The largest absolute Gasteiger partial charge is 0.449 e. The number of imide groups is 1. The van der Waals surface area contributed by atoms with Crippen LogP contribution in [0.4, 0.5) is 4.79 Å². The van der Waals surface area contributed by atoms with Crippen molar-refractivity contribution in [2.24, 2.45) is 0 Å². The van der Waals surface area contributed by atoms with Gasteiger partial charge in [-0.05, 0) is 63.3 Å². The molecule has 1 saturated heterocycles. The van der Waals surface area contributed by atoms with E-state index in [0.717, 1.165) is 11.5 Å². The lowest BCUT2D eigenvalue weighted by molar-refractivity contribution is -0.127. The molecule has 6 nitrogen and oxygen atoms in total. The molecule has 1 aromatic carbocycles. The average Bonchev–Trinajstić information content (AvgIpc) is 2.60. The molecule has 1 heterocycles. The van der Waals surface area contributed by atoms with E-state index >= 15 is 0 Å². The van der Waals surface area contributed by atoms with Crippen molar-refractivity contribution in [1.82, 2.24) is 10.6 Å². The summed E-state index contributed by atoms with van der Waals surface area (Å²) in [6.07, 6.45) is 0.150. The molecule has 2 N–H and O–H groups in total. The molecular weight excluding hydrogens is 384 g/mol. The number of thioether (sulfide) groups is 2. The molecule has 0 aliphatic carbocycles. The standard InChI is InChI=1S/C19H26N2O4S2/c1-12(15(22)20-18(24)21-19(2,3)4)25-16(23)13-6-8-14(9-7-13)17-26-10-5-11-27-17/h6-9,12,17H,5,10-11H2,1-4H3,(H2,20,21,22,24)/t12-/m0/s1. The highest BCUT2D eigenvalue weighted by atomic mass is 32.2. The molecule has 0 unspecified atom stereocenters. The van der Waals surface area contributed by atoms with Crippen LogP contribution in [0.15, 0.2) is 24.3 Å². The van der Waals surface area contributed by atoms with Gasteiger partial charge in [0.25, 0.3) is 5.91 Å². The number of ether oxygens (including phenoxy) is 1. The van der Waals surface area contributed by atoms with Crippen molar-refractivity contribution in [3.63, 3.8) is 0 Å². The first-order valence-electron chi connectivity index (χ1n) is 8.83. The molecule has 1 aliphatic heterocycles. The number of urea groups is 1. The van der Waals surface area contributed by atoms with Gasteiger partial charge in [0.1, 0.15) is 0 Å². The second-order valence-corrected chi connectivity index (χ2v) is 10.0. The number of carbonyl (C=O) groups is 3. The zero-order valence-corrected chi connectivity index (χ0v) is 17.7. The molecule has 1 aromatic rings. The molecule has 0 spiro atoms. The lowest BCUT2D eigenvalue weighted by Crippen LogP contribution is -2.50. The molecule has 0 bridgehead atoms. The Labute approximate surface area is 168 Å². The van der Waals surface area contributed by atoms with Crippen molar-refractivity contribution < 1.29 is 19.1 Å². The first kappa shape index (κ1) is 21.6. The van der Waals surface area contributed by atoms with Crippen LogP contribution in [0.25, 0.3) is 0 Å². The average molecular weight is 411 g/mol. The molecule has 1 aliphatic rings. The summed E-state index contributed by atoms with van der Waals surface area (Å²) in [4.78, 5) is 36.0. The van der Waals surface area contributed by atoms with Gasteiger partial charge in [-0.25, -0.2) is 9.59 Å². The number of esters is 1. The first-order valence-corrected chi connectivity index (χ1v) is 10.9. The summed E-state index contributed by atoms with van der Waals surface area (Å²) in [5.41, 5.74) is 1.08. The van der Waals surface area contributed by atoms with Crippen LogP contribution in [0.5, 0.6) is 0 Å². The lowest BCUT2D eigenvalue weighted by atomic mass is 10.1. The van der Waals surface area contributed by atoms with E-state index in [1.807, 2.05) is 35.7 Å². The van der Waals surface area contributed by atoms with E-state index in [4.69, 9.17) is 4.74 Å². The molecule has 148 valence electrons. The van der Waals surface area contributed by atoms with E-state index in [2.05, 4.69) is 10.6 Å². The van der Waals surface area contributed by atoms with E-state index in [0.29, 0.717) is 10.1 Å². The number of hydrogen-bond acceptors (Lipinski definition) is 6. The maximum absolute atomic E-state index is 12.2. The van der Waals surface area contributed by atoms with Gasteiger partial charge < -0.3 is 10.1 Å². The maximum Gasteiger partial charge on any atom is 0.338 e. The quantitative estimate of drug-likeness (QED) is 0.736. The summed E-state index contributed by atoms with van der Waals surface area (Å²) < 4.78 is 5.57. The SMILES string of the molecule is C[C@H](OC(=O)c1ccc(C2SCCCS2)cc1)C(=O)NC(=O)NC(C)(C)C. The summed E-state index contributed by atoms with van der Waals surface area (Å²) >= 11 is 3.82. The second kappa shape index (κ2) is 9.50. The van der Waals surface area contributed by atoms with Gasteiger partial charge >= 0.3 is 12.0 Å². The van der Waals surface area contributed by atoms with Crippen LogP contribution < -0.4 is 10.6 Å². The molecule has 0 radical (unpaired) electrons. The third kappa shape index (κ3) is 7.10.